The molecule has 0 bridgehead atoms. The number of anilines is 1. The van der Waals surface area contributed by atoms with Gasteiger partial charge in [-0.05, 0) is 41.7 Å². The second-order valence-corrected chi connectivity index (χ2v) is 8.27. The van der Waals surface area contributed by atoms with Crippen LogP contribution in [0.2, 0.25) is 0 Å². The Morgan fingerprint density at radius 2 is 1.31 bits per heavy atom. The van der Waals surface area contributed by atoms with E-state index in [4.69, 9.17) is 15.3 Å². The van der Waals surface area contributed by atoms with E-state index in [2.05, 4.69) is 5.43 Å². The number of carbonyl (C=O) groups excluding carboxylic acids is 3. The van der Waals surface area contributed by atoms with E-state index in [-0.39, 0.29) is 13.0 Å². The number of benzene rings is 3. The summed E-state index contributed by atoms with van der Waals surface area (Å²) in [5, 5.41) is 0. The molecule has 4 rings (SSSR count). The summed E-state index contributed by atoms with van der Waals surface area (Å²) in [5.41, 5.74) is 6.03. The number of carbonyl (C=O) groups is 3. The SMILES string of the molecule is NNCCc1ccc(N(Cc2ccccc2)C(=O)C2(CCc3ccccc3)OC(=O)C(=O)O2)cc1. The van der Waals surface area contributed by atoms with Crippen molar-refractivity contribution in [3.05, 3.63) is 102 Å². The van der Waals surface area contributed by atoms with Crippen LogP contribution < -0.4 is 16.2 Å². The number of hydrogen-bond acceptors (Lipinski definition) is 7. The molecule has 0 saturated carbocycles. The summed E-state index contributed by atoms with van der Waals surface area (Å²) in [6.07, 6.45) is 1.09. The molecular formula is C27H27N3O5. The van der Waals surface area contributed by atoms with Crippen LogP contribution in [0, 0.1) is 0 Å². The lowest BCUT2D eigenvalue weighted by Crippen LogP contribution is -2.50. The number of ether oxygens (including phenoxy) is 2. The molecule has 1 aliphatic rings. The number of hydrogen-bond donors (Lipinski definition) is 2. The fraction of sp³-hybridized carbons (Fsp3) is 0.222. The third-order valence-electron chi connectivity index (χ3n) is 5.83. The summed E-state index contributed by atoms with van der Waals surface area (Å²) in [4.78, 5) is 39.6. The molecule has 8 heteroatoms. The number of amides is 1. The summed E-state index contributed by atoms with van der Waals surface area (Å²) in [7, 11) is 0. The van der Waals surface area contributed by atoms with Gasteiger partial charge in [0.25, 0.3) is 0 Å². The second-order valence-electron chi connectivity index (χ2n) is 8.27. The monoisotopic (exact) mass is 473 g/mol. The van der Waals surface area contributed by atoms with Gasteiger partial charge in [-0.25, -0.2) is 9.59 Å². The van der Waals surface area contributed by atoms with Crippen molar-refractivity contribution in [3.63, 3.8) is 0 Å². The van der Waals surface area contributed by atoms with Crippen LogP contribution in [0.25, 0.3) is 0 Å². The highest BCUT2D eigenvalue weighted by atomic mass is 16.8. The third kappa shape index (κ3) is 5.74. The van der Waals surface area contributed by atoms with E-state index in [1.807, 2.05) is 84.9 Å². The number of aryl methyl sites for hydroxylation is 1. The van der Waals surface area contributed by atoms with Crippen LogP contribution >= 0.6 is 0 Å². The molecule has 1 heterocycles. The van der Waals surface area contributed by atoms with E-state index in [1.165, 1.54) is 4.90 Å². The lowest BCUT2D eigenvalue weighted by molar-refractivity contribution is -0.189. The Morgan fingerprint density at radius 3 is 1.89 bits per heavy atom. The molecule has 8 nitrogen and oxygen atoms in total. The fourth-order valence-electron chi connectivity index (χ4n) is 3.96. The van der Waals surface area contributed by atoms with Gasteiger partial charge in [0.15, 0.2) is 0 Å². The summed E-state index contributed by atoms with van der Waals surface area (Å²) in [6.45, 7) is 0.812. The zero-order valence-electron chi connectivity index (χ0n) is 19.2. The van der Waals surface area contributed by atoms with Crippen molar-refractivity contribution in [2.24, 2.45) is 5.84 Å². The summed E-state index contributed by atoms with van der Waals surface area (Å²) >= 11 is 0. The second kappa shape index (κ2) is 10.9. The first kappa shape index (κ1) is 24.1. The van der Waals surface area contributed by atoms with Crippen molar-refractivity contribution >= 4 is 23.5 Å². The minimum atomic E-state index is -2.04. The molecule has 3 aromatic carbocycles. The highest BCUT2D eigenvalue weighted by Gasteiger charge is 2.56. The number of rotatable bonds is 10. The quantitative estimate of drug-likeness (QED) is 0.202. The first-order valence-corrected chi connectivity index (χ1v) is 11.4. The maximum Gasteiger partial charge on any atom is 0.421 e. The molecule has 1 saturated heterocycles. The number of nitrogens with zero attached hydrogens (tertiary/aromatic N) is 1. The number of nitrogens with one attached hydrogen (secondary N) is 1. The number of cyclic esters (lactones) is 2. The van der Waals surface area contributed by atoms with Crippen molar-refractivity contribution < 1.29 is 23.9 Å². The minimum Gasteiger partial charge on any atom is -0.405 e. The first-order valence-electron chi connectivity index (χ1n) is 11.4. The van der Waals surface area contributed by atoms with Gasteiger partial charge < -0.3 is 14.4 Å². The minimum absolute atomic E-state index is 0.00112. The predicted molar refractivity (Wildman–Crippen MR) is 130 cm³/mol. The smallest absolute Gasteiger partial charge is 0.405 e. The molecule has 0 atom stereocenters. The number of nitrogens with two attached hydrogens (primary N) is 1. The molecule has 180 valence electrons. The summed E-state index contributed by atoms with van der Waals surface area (Å²) in [5.74, 6) is 0.372. The van der Waals surface area contributed by atoms with Gasteiger partial charge in [-0.3, -0.25) is 16.1 Å². The van der Waals surface area contributed by atoms with E-state index in [0.29, 0.717) is 18.7 Å². The zero-order chi connectivity index (χ0) is 24.7. The van der Waals surface area contributed by atoms with Crippen LogP contribution in [-0.4, -0.2) is 30.2 Å². The Kier molecular flexibility index (Phi) is 7.54. The van der Waals surface area contributed by atoms with Gasteiger partial charge in [0.1, 0.15) is 0 Å². The van der Waals surface area contributed by atoms with Gasteiger partial charge in [-0.15, -0.1) is 0 Å². The molecule has 0 unspecified atom stereocenters. The van der Waals surface area contributed by atoms with Crippen LogP contribution in [0.5, 0.6) is 0 Å². The van der Waals surface area contributed by atoms with Crippen LogP contribution in [0.3, 0.4) is 0 Å². The molecule has 1 amide bonds. The fourth-order valence-corrected chi connectivity index (χ4v) is 3.96. The van der Waals surface area contributed by atoms with Gasteiger partial charge in [-0.1, -0.05) is 72.8 Å². The van der Waals surface area contributed by atoms with Crippen LogP contribution in [0.4, 0.5) is 5.69 Å². The van der Waals surface area contributed by atoms with Crippen molar-refractivity contribution in [1.82, 2.24) is 5.43 Å². The van der Waals surface area contributed by atoms with Crippen LogP contribution in [0.1, 0.15) is 23.1 Å². The first-order chi connectivity index (χ1) is 17.0. The Morgan fingerprint density at radius 1 is 0.771 bits per heavy atom. The largest absolute Gasteiger partial charge is 0.421 e. The molecule has 3 aromatic rings. The Balaban J connectivity index is 1.66. The number of esters is 2. The maximum absolute atomic E-state index is 14.0. The lowest BCUT2D eigenvalue weighted by atomic mass is 10.0. The maximum atomic E-state index is 14.0. The molecule has 0 aromatic heterocycles. The highest BCUT2D eigenvalue weighted by molar-refractivity contribution is 6.32. The standard InChI is InChI=1S/C27H27N3O5/c28-29-18-16-21-11-13-23(14-12-21)30(19-22-9-5-2-6-10-22)26(33)27(34-24(31)25(32)35-27)17-15-20-7-3-1-4-8-20/h1-14,29H,15-19,28H2. The van der Waals surface area contributed by atoms with E-state index < -0.39 is 23.6 Å². The van der Waals surface area contributed by atoms with Crippen LogP contribution in [0.15, 0.2) is 84.9 Å². The van der Waals surface area contributed by atoms with Crippen molar-refractivity contribution in [2.45, 2.75) is 31.6 Å². The molecule has 0 aliphatic carbocycles. The average molecular weight is 474 g/mol. The summed E-state index contributed by atoms with van der Waals surface area (Å²) in [6, 6.07) is 26.3. The molecule has 35 heavy (non-hydrogen) atoms. The predicted octanol–water partition coefficient (Wildman–Crippen LogP) is 2.65. The molecule has 0 radical (unpaired) electrons. The van der Waals surface area contributed by atoms with Gasteiger partial charge >= 0.3 is 23.6 Å². The zero-order valence-corrected chi connectivity index (χ0v) is 19.2. The van der Waals surface area contributed by atoms with Crippen molar-refractivity contribution in [2.75, 3.05) is 11.4 Å². The lowest BCUT2D eigenvalue weighted by Gasteiger charge is -2.32. The molecule has 3 N–H and O–H groups in total. The average Bonchev–Trinajstić information content (AvgIpc) is 3.20. The van der Waals surface area contributed by atoms with Crippen molar-refractivity contribution in [3.8, 4) is 0 Å². The highest BCUT2D eigenvalue weighted by Crippen LogP contribution is 2.32. The molecule has 1 aliphatic heterocycles. The van der Waals surface area contributed by atoms with E-state index in [0.717, 1.165) is 23.1 Å². The Hall–Kier alpha value is -4.01. The molecule has 0 spiro atoms. The van der Waals surface area contributed by atoms with Gasteiger partial charge in [0, 0.05) is 18.7 Å². The third-order valence-corrected chi connectivity index (χ3v) is 5.83. The molecule has 1 fully saturated rings. The van der Waals surface area contributed by atoms with Crippen molar-refractivity contribution in [1.29, 1.82) is 0 Å². The van der Waals surface area contributed by atoms with E-state index >= 15 is 0 Å². The van der Waals surface area contributed by atoms with Crippen LogP contribution in [-0.2, 0) is 43.2 Å². The van der Waals surface area contributed by atoms with Gasteiger partial charge in [-0.2, -0.15) is 0 Å². The normalized spacial score (nSPS) is 14.3. The van der Waals surface area contributed by atoms with E-state index in [9.17, 15) is 14.4 Å². The Labute approximate surface area is 203 Å². The number of hydrazine groups is 1. The molecular weight excluding hydrogens is 446 g/mol. The van der Waals surface area contributed by atoms with E-state index in [1.54, 1.807) is 0 Å². The van der Waals surface area contributed by atoms with Gasteiger partial charge in [0.2, 0.25) is 0 Å². The Bertz CT molecular complexity index is 1150. The summed E-state index contributed by atoms with van der Waals surface area (Å²) < 4.78 is 10.7. The topological polar surface area (TPSA) is 111 Å². The van der Waals surface area contributed by atoms with Gasteiger partial charge in [0.05, 0.1) is 6.54 Å².